The number of rotatable bonds is 2. The van der Waals surface area contributed by atoms with E-state index in [1.54, 1.807) is 13.0 Å². The molecule has 0 aromatic heterocycles. The van der Waals surface area contributed by atoms with Crippen molar-refractivity contribution in [2.75, 3.05) is 6.54 Å². The summed E-state index contributed by atoms with van der Waals surface area (Å²) in [5.74, 6) is 0.670. The Labute approximate surface area is 90.7 Å². The highest BCUT2D eigenvalue weighted by atomic mass is 19.1. The molecular weight excluding hydrogens is 189 g/mol. The average molecular weight is 207 g/mol. The van der Waals surface area contributed by atoms with E-state index in [2.05, 4.69) is 12.2 Å². The number of halogens is 1. The van der Waals surface area contributed by atoms with Crippen LogP contribution in [0.15, 0.2) is 18.2 Å². The van der Waals surface area contributed by atoms with Crippen LogP contribution >= 0.6 is 0 Å². The van der Waals surface area contributed by atoms with Gasteiger partial charge in [-0.1, -0.05) is 19.1 Å². The highest BCUT2D eigenvalue weighted by Gasteiger charge is 2.20. The summed E-state index contributed by atoms with van der Waals surface area (Å²) in [7, 11) is 0. The van der Waals surface area contributed by atoms with Crippen molar-refractivity contribution in [2.45, 2.75) is 32.7 Å². The highest BCUT2D eigenvalue weighted by Crippen LogP contribution is 2.18. The molecule has 0 amide bonds. The van der Waals surface area contributed by atoms with Gasteiger partial charge in [0.05, 0.1) is 0 Å². The Morgan fingerprint density at radius 2 is 2.27 bits per heavy atom. The van der Waals surface area contributed by atoms with Crippen molar-refractivity contribution in [1.29, 1.82) is 0 Å². The number of aryl methyl sites for hydroxylation is 1. The third kappa shape index (κ3) is 2.57. The molecule has 0 spiro atoms. The van der Waals surface area contributed by atoms with Gasteiger partial charge in [0.1, 0.15) is 5.82 Å². The molecule has 0 bridgehead atoms. The molecule has 0 saturated carbocycles. The Morgan fingerprint density at radius 1 is 1.47 bits per heavy atom. The first-order valence-corrected chi connectivity index (χ1v) is 5.63. The van der Waals surface area contributed by atoms with E-state index in [4.69, 9.17) is 0 Å². The lowest BCUT2D eigenvalue weighted by Crippen LogP contribution is -2.23. The second kappa shape index (κ2) is 4.31. The van der Waals surface area contributed by atoms with Crippen LogP contribution in [0.2, 0.25) is 0 Å². The quantitative estimate of drug-likeness (QED) is 0.786. The first-order chi connectivity index (χ1) is 7.15. The van der Waals surface area contributed by atoms with Gasteiger partial charge >= 0.3 is 0 Å². The maximum absolute atomic E-state index is 13.3. The average Bonchev–Trinajstić information content (AvgIpc) is 2.58. The molecule has 1 aliphatic rings. The van der Waals surface area contributed by atoms with Crippen LogP contribution < -0.4 is 5.32 Å². The van der Waals surface area contributed by atoms with Gasteiger partial charge in [0, 0.05) is 6.04 Å². The monoisotopic (exact) mass is 207 g/mol. The van der Waals surface area contributed by atoms with Crippen molar-refractivity contribution in [3.05, 3.63) is 35.1 Å². The van der Waals surface area contributed by atoms with Gasteiger partial charge in [-0.2, -0.15) is 0 Å². The van der Waals surface area contributed by atoms with Crippen LogP contribution in [-0.2, 0) is 6.42 Å². The normalized spacial score (nSPS) is 25.8. The lowest BCUT2D eigenvalue weighted by Gasteiger charge is -2.10. The molecule has 1 N–H and O–H groups in total. The Kier molecular flexibility index (Phi) is 3.06. The van der Waals surface area contributed by atoms with Gasteiger partial charge in [0.15, 0.2) is 0 Å². The molecule has 0 unspecified atom stereocenters. The van der Waals surface area contributed by atoms with Gasteiger partial charge in [-0.25, -0.2) is 4.39 Å². The fourth-order valence-corrected chi connectivity index (χ4v) is 2.22. The van der Waals surface area contributed by atoms with E-state index < -0.39 is 0 Å². The summed E-state index contributed by atoms with van der Waals surface area (Å²) in [5.41, 5.74) is 1.83. The van der Waals surface area contributed by atoms with Gasteiger partial charge in [-0.15, -0.1) is 0 Å². The Balaban J connectivity index is 2.02. The molecule has 82 valence electrons. The van der Waals surface area contributed by atoms with Crippen LogP contribution in [0.25, 0.3) is 0 Å². The highest BCUT2D eigenvalue weighted by molar-refractivity contribution is 5.24. The maximum atomic E-state index is 13.3. The van der Waals surface area contributed by atoms with Crippen molar-refractivity contribution in [3.63, 3.8) is 0 Å². The molecule has 1 aromatic carbocycles. The molecule has 2 atom stereocenters. The lowest BCUT2D eigenvalue weighted by molar-refractivity contribution is 0.574. The van der Waals surface area contributed by atoms with Gasteiger partial charge < -0.3 is 5.32 Å². The predicted octanol–water partition coefficient (Wildman–Crippen LogP) is 2.67. The minimum atomic E-state index is -0.0847. The molecule has 1 fully saturated rings. The third-order valence-corrected chi connectivity index (χ3v) is 3.16. The van der Waals surface area contributed by atoms with E-state index in [9.17, 15) is 4.39 Å². The van der Waals surface area contributed by atoms with E-state index in [0.717, 1.165) is 30.0 Å². The number of hydrogen-bond donors (Lipinski definition) is 1. The standard InChI is InChI=1S/C13H18FN/c1-9-5-12(15-8-9)6-11-4-3-10(2)13(14)7-11/h3-4,7,9,12,15H,5-6,8H2,1-2H3/t9-,12-/m0/s1. The summed E-state index contributed by atoms with van der Waals surface area (Å²) in [6.45, 7) is 5.15. The molecule has 0 aliphatic carbocycles. The summed E-state index contributed by atoms with van der Waals surface area (Å²) in [5, 5.41) is 3.47. The smallest absolute Gasteiger partial charge is 0.126 e. The lowest BCUT2D eigenvalue weighted by atomic mass is 10.0. The molecule has 2 rings (SSSR count). The summed E-state index contributed by atoms with van der Waals surface area (Å²) in [6, 6.07) is 6.09. The summed E-state index contributed by atoms with van der Waals surface area (Å²) in [6.07, 6.45) is 2.15. The van der Waals surface area contributed by atoms with Crippen LogP contribution in [0.1, 0.15) is 24.5 Å². The van der Waals surface area contributed by atoms with Crippen molar-refractivity contribution >= 4 is 0 Å². The van der Waals surface area contributed by atoms with Gasteiger partial charge in [-0.3, -0.25) is 0 Å². The minimum absolute atomic E-state index is 0.0847. The van der Waals surface area contributed by atoms with Crippen LogP contribution in [0, 0.1) is 18.7 Å². The van der Waals surface area contributed by atoms with E-state index in [1.165, 1.54) is 6.42 Å². The summed E-state index contributed by atoms with van der Waals surface area (Å²) in [4.78, 5) is 0. The zero-order chi connectivity index (χ0) is 10.8. The van der Waals surface area contributed by atoms with Crippen molar-refractivity contribution in [3.8, 4) is 0 Å². The zero-order valence-corrected chi connectivity index (χ0v) is 9.39. The topological polar surface area (TPSA) is 12.0 Å². The summed E-state index contributed by atoms with van der Waals surface area (Å²) >= 11 is 0. The molecule has 0 radical (unpaired) electrons. The molecule has 1 saturated heterocycles. The fraction of sp³-hybridized carbons (Fsp3) is 0.538. The van der Waals surface area contributed by atoms with Crippen molar-refractivity contribution < 1.29 is 4.39 Å². The summed E-state index contributed by atoms with van der Waals surface area (Å²) < 4.78 is 13.3. The van der Waals surface area contributed by atoms with Gasteiger partial charge in [-0.05, 0) is 49.4 Å². The Hall–Kier alpha value is -0.890. The SMILES string of the molecule is Cc1ccc(C[C@@H]2C[C@H](C)CN2)cc1F. The van der Waals surface area contributed by atoms with Crippen molar-refractivity contribution in [2.24, 2.45) is 5.92 Å². The fourth-order valence-electron chi connectivity index (χ4n) is 2.22. The molecule has 1 nitrogen and oxygen atoms in total. The molecule has 1 aliphatic heterocycles. The molecule has 1 aromatic rings. The van der Waals surface area contributed by atoms with Crippen LogP contribution in [-0.4, -0.2) is 12.6 Å². The second-order valence-electron chi connectivity index (χ2n) is 4.73. The molecule has 1 heterocycles. The van der Waals surface area contributed by atoms with Crippen LogP contribution in [0.5, 0.6) is 0 Å². The Morgan fingerprint density at radius 3 is 2.87 bits per heavy atom. The van der Waals surface area contributed by atoms with E-state index in [1.807, 2.05) is 12.1 Å². The molecule has 2 heteroatoms. The number of benzene rings is 1. The predicted molar refractivity (Wildman–Crippen MR) is 60.4 cm³/mol. The maximum Gasteiger partial charge on any atom is 0.126 e. The van der Waals surface area contributed by atoms with E-state index >= 15 is 0 Å². The first kappa shape index (κ1) is 10.6. The third-order valence-electron chi connectivity index (χ3n) is 3.16. The van der Waals surface area contributed by atoms with E-state index in [0.29, 0.717) is 6.04 Å². The van der Waals surface area contributed by atoms with Gasteiger partial charge in [0.2, 0.25) is 0 Å². The second-order valence-corrected chi connectivity index (χ2v) is 4.73. The van der Waals surface area contributed by atoms with E-state index in [-0.39, 0.29) is 5.82 Å². The first-order valence-electron chi connectivity index (χ1n) is 5.63. The van der Waals surface area contributed by atoms with Crippen LogP contribution in [0.4, 0.5) is 4.39 Å². The zero-order valence-electron chi connectivity index (χ0n) is 9.39. The van der Waals surface area contributed by atoms with Crippen LogP contribution in [0.3, 0.4) is 0 Å². The van der Waals surface area contributed by atoms with Crippen molar-refractivity contribution in [1.82, 2.24) is 5.32 Å². The molecule has 15 heavy (non-hydrogen) atoms. The Bertz CT molecular complexity index is 348. The minimum Gasteiger partial charge on any atom is -0.313 e. The largest absolute Gasteiger partial charge is 0.313 e. The molecular formula is C13H18FN. The van der Waals surface area contributed by atoms with Gasteiger partial charge in [0.25, 0.3) is 0 Å². The number of hydrogen-bond acceptors (Lipinski definition) is 1. The number of nitrogens with one attached hydrogen (secondary N) is 1.